The van der Waals surface area contributed by atoms with E-state index in [-0.39, 0.29) is 26.2 Å². The Morgan fingerprint density at radius 3 is 2.27 bits per heavy atom. The maximum atomic E-state index is 12.8. The van der Waals surface area contributed by atoms with Crippen molar-refractivity contribution in [1.82, 2.24) is 9.71 Å². The van der Waals surface area contributed by atoms with Gasteiger partial charge in [0.2, 0.25) is 0 Å². The fourth-order valence-electron chi connectivity index (χ4n) is 3.07. The average Bonchev–Trinajstić information content (AvgIpc) is 2.50. The lowest BCUT2D eigenvalue weighted by Crippen LogP contribution is -2.33. The highest BCUT2D eigenvalue weighted by Crippen LogP contribution is 2.25. The van der Waals surface area contributed by atoms with Crippen LogP contribution in [0.3, 0.4) is 0 Å². The van der Waals surface area contributed by atoms with E-state index in [0.29, 0.717) is 11.1 Å². The van der Waals surface area contributed by atoms with Crippen molar-refractivity contribution in [3.63, 3.8) is 0 Å². The predicted octanol–water partition coefficient (Wildman–Crippen LogP) is 1.65. The molecule has 136 valence electrons. The van der Waals surface area contributed by atoms with E-state index in [1.54, 1.807) is 26.0 Å². The van der Waals surface area contributed by atoms with Crippen LogP contribution in [0, 0.1) is 20.8 Å². The molecule has 8 nitrogen and oxygen atoms in total. The molecular weight excluding hydrogens is 358 g/mol. The molecule has 2 aromatic carbocycles. The van der Waals surface area contributed by atoms with Crippen LogP contribution in [0.5, 0.6) is 0 Å². The van der Waals surface area contributed by atoms with Gasteiger partial charge < -0.3 is 10.2 Å². The third kappa shape index (κ3) is 2.97. The van der Waals surface area contributed by atoms with Gasteiger partial charge in [-0.05, 0) is 50.1 Å². The maximum absolute atomic E-state index is 12.8. The molecular formula is C17H17N3O5S. The third-order valence-corrected chi connectivity index (χ3v) is 5.69. The molecule has 0 fully saturated rings. The number of fused-ring (bicyclic) bond motifs is 1. The largest absolute Gasteiger partial charge is 0.421 e. The Morgan fingerprint density at radius 2 is 1.65 bits per heavy atom. The number of H-pyrrole nitrogens is 1. The molecule has 0 radical (unpaired) electrons. The van der Waals surface area contributed by atoms with Gasteiger partial charge in [0.25, 0.3) is 15.6 Å². The van der Waals surface area contributed by atoms with Gasteiger partial charge in [-0.1, -0.05) is 22.4 Å². The average molecular weight is 375 g/mol. The molecule has 0 aliphatic heterocycles. The van der Waals surface area contributed by atoms with Crippen LogP contribution in [0.15, 0.2) is 44.8 Å². The zero-order chi connectivity index (χ0) is 19.2. The molecule has 0 bridgehead atoms. The second-order valence-electron chi connectivity index (χ2n) is 6.14. The van der Waals surface area contributed by atoms with Crippen LogP contribution in [0.4, 0.5) is 5.69 Å². The predicted molar refractivity (Wildman–Crippen MR) is 97.5 cm³/mol. The molecule has 3 N–H and O–H groups in total. The standard InChI is InChI=1S/C17H17N3O5S/c1-9-6-10(2)15(11(3)7-9)26(24,25)19-12-4-5-13-14(8-12)18-17(22)20(23)16(13)21/h4-8,19,23H,1-3H3,(H,18,22). The van der Waals surface area contributed by atoms with Crippen molar-refractivity contribution >= 4 is 26.6 Å². The summed E-state index contributed by atoms with van der Waals surface area (Å²) in [6, 6.07) is 7.60. The van der Waals surface area contributed by atoms with E-state index >= 15 is 0 Å². The number of benzene rings is 2. The van der Waals surface area contributed by atoms with Gasteiger partial charge in [0.15, 0.2) is 0 Å². The molecule has 0 aliphatic rings. The molecule has 0 aliphatic carbocycles. The van der Waals surface area contributed by atoms with E-state index in [0.717, 1.165) is 5.56 Å². The molecule has 0 spiro atoms. The van der Waals surface area contributed by atoms with Gasteiger partial charge in [0.1, 0.15) is 0 Å². The summed E-state index contributed by atoms with van der Waals surface area (Å²) in [6.07, 6.45) is 0. The van der Waals surface area contributed by atoms with E-state index in [9.17, 15) is 23.2 Å². The fourth-order valence-corrected chi connectivity index (χ4v) is 4.57. The topological polar surface area (TPSA) is 121 Å². The summed E-state index contributed by atoms with van der Waals surface area (Å²) < 4.78 is 28.0. The van der Waals surface area contributed by atoms with Crippen molar-refractivity contribution in [2.45, 2.75) is 25.7 Å². The van der Waals surface area contributed by atoms with E-state index < -0.39 is 21.3 Å². The van der Waals surface area contributed by atoms with Crippen LogP contribution < -0.4 is 16.0 Å². The number of aromatic nitrogens is 2. The SMILES string of the molecule is Cc1cc(C)c(S(=O)(=O)Nc2ccc3c(=O)n(O)c(=O)[nH]c3c2)c(C)c1. The van der Waals surface area contributed by atoms with Gasteiger partial charge in [-0.2, -0.15) is 0 Å². The number of nitrogens with zero attached hydrogens (tertiary/aromatic N) is 1. The summed E-state index contributed by atoms with van der Waals surface area (Å²) in [6.45, 7) is 5.32. The molecule has 1 aromatic heterocycles. The van der Waals surface area contributed by atoms with Crippen molar-refractivity contribution in [1.29, 1.82) is 0 Å². The van der Waals surface area contributed by atoms with Gasteiger partial charge in [-0.3, -0.25) is 9.52 Å². The number of hydrogen-bond acceptors (Lipinski definition) is 5. The summed E-state index contributed by atoms with van der Waals surface area (Å²) >= 11 is 0. The van der Waals surface area contributed by atoms with Crippen LogP contribution in [0.2, 0.25) is 0 Å². The maximum Gasteiger partial charge on any atom is 0.362 e. The lowest BCUT2D eigenvalue weighted by molar-refractivity contribution is 0.162. The highest BCUT2D eigenvalue weighted by atomic mass is 32.2. The van der Waals surface area contributed by atoms with Crippen LogP contribution in [0.1, 0.15) is 16.7 Å². The molecule has 0 unspecified atom stereocenters. The molecule has 0 atom stereocenters. The lowest BCUT2D eigenvalue weighted by Gasteiger charge is -2.14. The van der Waals surface area contributed by atoms with Crippen molar-refractivity contribution in [2.24, 2.45) is 0 Å². The molecule has 3 rings (SSSR count). The first-order valence-electron chi connectivity index (χ1n) is 7.69. The fraction of sp³-hybridized carbons (Fsp3) is 0.176. The van der Waals surface area contributed by atoms with E-state index in [1.165, 1.54) is 18.2 Å². The number of rotatable bonds is 3. The van der Waals surface area contributed by atoms with E-state index in [1.807, 2.05) is 6.92 Å². The van der Waals surface area contributed by atoms with Gasteiger partial charge in [0, 0.05) is 0 Å². The highest BCUT2D eigenvalue weighted by molar-refractivity contribution is 7.92. The Bertz CT molecular complexity index is 1230. The Morgan fingerprint density at radius 1 is 1.04 bits per heavy atom. The number of aromatic amines is 1. The smallest absolute Gasteiger partial charge is 0.362 e. The molecule has 3 aromatic rings. The highest BCUT2D eigenvalue weighted by Gasteiger charge is 2.20. The Balaban J connectivity index is 2.10. The summed E-state index contributed by atoms with van der Waals surface area (Å²) in [7, 11) is -3.86. The van der Waals surface area contributed by atoms with Gasteiger partial charge >= 0.3 is 5.69 Å². The minimum atomic E-state index is -3.86. The summed E-state index contributed by atoms with van der Waals surface area (Å²) in [5.74, 6) is 0. The lowest BCUT2D eigenvalue weighted by atomic mass is 10.1. The zero-order valence-corrected chi connectivity index (χ0v) is 15.1. The summed E-state index contributed by atoms with van der Waals surface area (Å²) in [5, 5.41) is 9.39. The van der Waals surface area contributed by atoms with Gasteiger partial charge in [-0.15, -0.1) is 0 Å². The van der Waals surface area contributed by atoms with Crippen LogP contribution in [-0.2, 0) is 10.0 Å². The molecule has 26 heavy (non-hydrogen) atoms. The van der Waals surface area contributed by atoms with Crippen LogP contribution in [-0.4, -0.2) is 23.3 Å². The number of hydrogen-bond donors (Lipinski definition) is 3. The molecule has 0 saturated carbocycles. The quantitative estimate of drug-likeness (QED) is 0.601. The second-order valence-corrected chi connectivity index (χ2v) is 7.76. The minimum absolute atomic E-state index is 0.0365. The number of sulfonamides is 1. The monoisotopic (exact) mass is 375 g/mol. The van der Waals surface area contributed by atoms with Crippen molar-refractivity contribution in [3.05, 3.63) is 67.9 Å². The van der Waals surface area contributed by atoms with Crippen molar-refractivity contribution < 1.29 is 13.6 Å². The van der Waals surface area contributed by atoms with E-state index in [4.69, 9.17) is 0 Å². The number of nitrogens with one attached hydrogen (secondary N) is 2. The van der Waals surface area contributed by atoms with Gasteiger partial charge in [0.05, 0.1) is 21.5 Å². The van der Waals surface area contributed by atoms with Crippen LogP contribution >= 0.6 is 0 Å². The molecule has 0 saturated heterocycles. The van der Waals surface area contributed by atoms with Crippen LogP contribution in [0.25, 0.3) is 10.9 Å². The molecule has 1 heterocycles. The first-order valence-corrected chi connectivity index (χ1v) is 9.17. The summed E-state index contributed by atoms with van der Waals surface area (Å²) in [5.41, 5.74) is 0.601. The third-order valence-electron chi connectivity index (χ3n) is 4.00. The number of anilines is 1. The first-order chi connectivity index (χ1) is 12.1. The minimum Gasteiger partial charge on any atom is -0.421 e. The second kappa shape index (κ2) is 6.03. The van der Waals surface area contributed by atoms with E-state index in [2.05, 4.69) is 9.71 Å². The van der Waals surface area contributed by atoms with Crippen molar-refractivity contribution in [2.75, 3.05) is 4.72 Å². The molecule has 9 heteroatoms. The van der Waals surface area contributed by atoms with Gasteiger partial charge in [-0.25, -0.2) is 13.2 Å². The Kier molecular flexibility index (Phi) is 4.11. The number of aryl methyl sites for hydroxylation is 3. The summed E-state index contributed by atoms with van der Waals surface area (Å²) in [4.78, 5) is 25.9. The molecule has 0 amide bonds. The normalized spacial score (nSPS) is 11.7. The first kappa shape index (κ1) is 17.7. The zero-order valence-electron chi connectivity index (χ0n) is 14.3. The van der Waals surface area contributed by atoms with Crippen molar-refractivity contribution in [3.8, 4) is 0 Å². The Labute approximate surface area is 148 Å². The Hall–Kier alpha value is -3.07.